The summed E-state index contributed by atoms with van der Waals surface area (Å²) < 4.78 is 40.4. The van der Waals surface area contributed by atoms with Crippen molar-refractivity contribution in [2.45, 2.75) is 39.9 Å². The first-order valence-electron chi connectivity index (χ1n) is 7.93. The van der Waals surface area contributed by atoms with Gasteiger partial charge in [0.05, 0.1) is 5.39 Å². The summed E-state index contributed by atoms with van der Waals surface area (Å²) in [7, 11) is 0. The normalized spacial score (nSPS) is 13.1. The Balaban J connectivity index is 1.93. The fourth-order valence-electron chi connectivity index (χ4n) is 2.67. The molecule has 11 heteroatoms. The van der Waals surface area contributed by atoms with Crippen molar-refractivity contribution in [2.75, 3.05) is 5.43 Å². The summed E-state index contributed by atoms with van der Waals surface area (Å²) >= 11 is 1.36. The molecule has 7 nitrogen and oxygen atoms in total. The smallest absolute Gasteiger partial charge is 0.271 e. The van der Waals surface area contributed by atoms with Crippen molar-refractivity contribution in [3.8, 4) is 0 Å². The van der Waals surface area contributed by atoms with Crippen molar-refractivity contribution in [2.24, 2.45) is 0 Å². The van der Waals surface area contributed by atoms with Gasteiger partial charge in [0.1, 0.15) is 16.7 Å². The molecule has 0 bridgehead atoms. The number of hydrogen-bond acceptors (Lipinski definition) is 5. The second kappa shape index (κ2) is 6.48. The molecule has 1 N–H and O–H groups in total. The van der Waals surface area contributed by atoms with Crippen LogP contribution >= 0.6 is 11.3 Å². The number of thiophene rings is 1. The first kappa shape index (κ1) is 19.1. The first-order valence-corrected chi connectivity index (χ1v) is 8.74. The highest BCUT2D eigenvalue weighted by Crippen LogP contribution is 2.29. The molecular weight excluding hydrogens is 383 g/mol. The van der Waals surface area contributed by atoms with E-state index >= 15 is 0 Å². The average molecular weight is 399 g/mol. The van der Waals surface area contributed by atoms with Gasteiger partial charge in [0.2, 0.25) is 0 Å². The molecule has 0 saturated carbocycles. The molecule has 0 radical (unpaired) electrons. The molecule has 0 aliphatic rings. The Labute approximate surface area is 155 Å². The predicted molar refractivity (Wildman–Crippen MR) is 94.4 cm³/mol. The first-order chi connectivity index (χ1) is 12.5. The van der Waals surface area contributed by atoms with Crippen LogP contribution in [0.2, 0.25) is 0 Å². The maximum Gasteiger partial charge on any atom is 0.435 e. The third kappa shape index (κ3) is 3.46. The lowest BCUT2D eigenvalue weighted by atomic mass is 10.3. The van der Waals surface area contributed by atoms with Gasteiger partial charge in [0, 0.05) is 10.6 Å². The van der Waals surface area contributed by atoms with E-state index in [1.54, 1.807) is 13.0 Å². The molecule has 0 fully saturated rings. The number of aromatic nitrogens is 4. The minimum absolute atomic E-state index is 0.177. The van der Waals surface area contributed by atoms with E-state index in [0.29, 0.717) is 10.2 Å². The molecule has 3 aromatic heterocycles. The fraction of sp³-hybridized carbons (Fsp3) is 0.375. The van der Waals surface area contributed by atoms with Crippen LogP contribution in [0.5, 0.6) is 0 Å². The molecule has 0 saturated heterocycles. The Morgan fingerprint density at radius 2 is 1.93 bits per heavy atom. The average Bonchev–Trinajstić information content (AvgIpc) is 3.12. The van der Waals surface area contributed by atoms with Crippen LogP contribution in [0.1, 0.15) is 35.1 Å². The molecule has 1 atom stereocenters. The second-order valence-electron chi connectivity index (χ2n) is 6.14. The molecule has 0 spiro atoms. The van der Waals surface area contributed by atoms with Crippen molar-refractivity contribution < 1.29 is 18.0 Å². The number of carbonyl (C=O) groups is 1. The zero-order valence-electron chi connectivity index (χ0n) is 14.9. The van der Waals surface area contributed by atoms with E-state index in [9.17, 15) is 22.8 Å². The van der Waals surface area contributed by atoms with Gasteiger partial charge >= 0.3 is 6.18 Å². The van der Waals surface area contributed by atoms with E-state index in [2.05, 4.69) is 15.5 Å². The molecule has 27 heavy (non-hydrogen) atoms. The topological polar surface area (TPSA) is 81.8 Å². The largest absolute Gasteiger partial charge is 0.435 e. The van der Waals surface area contributed by atoms with Crippen molar-refractivity contribution in [1.82, 2.24) is 19.4 Å². The number of aryl methyl sites for hydroxylation is 3. The molecule has 0 aromatic carbocycles. The minimum atomic E-state index is -4.61. The summed E-state index contributed by atoms with van der Waals surface area (Å²) in [5, 5.41) is 3.84. The number of amides is 1. The molecule has 3 rings (SSSR count). The van der Waals surface area contributed by atoms with E-state index in [-0.39, 0.29) is 11.5 Å². The van der Waals surface area contributed by atoms with Crippen molar-refractivity contribution in [3.63, 3.8) is 0 Å². The van der Waals surface area contributed by atoms with Crippen LogP contribution in [-0.2, 0) is 11.0 Å². The van der Waals surface area contributed by atoms with E-state index in [1.165, 1.54) is 25.2 Å². The number of hydrogen-bond donors (Lipinski definition) is 1. The van der Waals surface area contributed by atoms with E-state index in [1.807, 2.05) is 6.92 Å². The van der Waals surface area contributed by atoms with Gasteiger partial charge in [-0.25, -0.2) is 9.66 Å². The molecule has 3 aromatic rings. The number of alkyl halides is 3. The van der Waals surface area contributed by atoms with Crippen LogP contribution in [-0.4, -0.2) is 25.3 Å². The van der Waals surface area contributed by atoms with Gasteiger partial charge in [-0.1, -0.05) is 0 Å². The maximum absolute atomic E-state index is 12.8. The number of halogens is 3. The zero-order chi connectivity index (χ0) is 20.1. The van der Waals surface area contributed by atoms with Gasteiger partial charge in [-0.2, -0.15) is 18.3 Å². The van der Waals surface area contributed by atoms with Crippen molar-refractivity contribution >= 4 is 27.5 Å². The zero-order valence-corrected chi connectivity index (χ0v) is 15.7. The lowest BCUT2D eigenvalue weighted by molar-refractivity contribution is -0.141. The third-order valence-corrected chi connectivity index (χ3v) is 4.98. The highest BCUT2D eigenvalue weighted by Gasteiger charge is 2.35. The molecule has 3 heterocycles. The SMILES string of the molecule is Cc1cc2c(=O)n(NC(=O)C(C)n3nc(C(F)(F)F)cc3C)c(C)nc2s1. The number of nitrogens with zero attached hydrogens (tertiary/aromatic N) is 4. The fourth-order valence-corrected chi connectivity index (χ4v) is 3.58. The highest BCUT2D eigenvalue weighted by molar-refractivity contribution is 7.18. The van der Waals surface area contributed by atoms with Crippen molar-refractivity contribution in [1.29, 1.82) is 0 Å². The quantitative estimate of drug-likeness (QED) is 0.734. The minimum Gasteiger partial charge on any atom is -0.271 e. The monoisotopic (exact) mass is 399 g/mol. The Kier molecular flexibility index (Phi) is 4.58. The molecule has 1 unspecified atom stereocenters. The summed E-state index contributed by atoms with van der Waals surface area (Å²) in [5.41, 5.74) is 1.07. The predicted octanol–water partition coefficient (Wildman–Crippen LogP) is 2.93. The second-order valence-corrected chi connectivity index (χ2v) is 7.38. The standard InChI is InChI=1S/C16H16F3N5O2S/c1-7-5-12(16(17,18)19)21-23(7)9(3)13(25)22-24-10(4)20-14-11(15(24)26)6-8(2)27-14/h5-6,9H,1-4H3,(H,22,25). The lowest BCUT2D eigenvalue weighted by Crippen LogP contribution is -2.38. The van der Waals surface area contributed by atoms with Gasteiger partial charge in [0.15, 0.2) is 5.69 Å². The molecule has 1 amide bonds. The third-order valence-electron chi connectivity index (χ3n) is 4.04. The Morgan fingerprint density at radius 3 is 2.52 bits per heavy atom. The van der Waals surface area contributed by atoms with Gasteiger partial charge in [0.25, 0.3) is 11.5 Å². The molecule has 144 valence electrons. The van der Waals surface area contributed by atoms with E-state index in [0.717, 1.165) is 20.3 Å². The van der Waals surface area contributed by atoms with Crippen LogP contribution in [0.4, 0.5) is 13.2 Å². The summed E-state index contributed by atoms with van der Waals surface area (Å²) in [5.74, 6) is -0.420. The maximum atomic E-state index is 12.8. The summed E-state index contributed by atoms with van der Waals surface area (Å²) in [4.78, 5) is 30.9. The highest BCUT2D eigenvalue weighted by atomic mass is 32.1. The number of nitrogens with one attached hydrogen (secondary N) is 1. The van der Waals surface area contributed by atoms with Crippen LogP contribution in [0.25, 0.3) is 10.2 Å². The van der Waals surface area contributed by atoms with Crippen LogP contribution in [0.15, 0.2) is 16.9 Å². The van der Waals surface area contributed by atoms with Gasteiger partial charge in [-0.15, -0.1) is 11.3 Å². The number of carbonyl (C=O) groups excluding carboxylic acids is 1. The Bertz CT molecular complexity index is 1100. The number of fused-ring (bicyclic) bond motifs is 1. The van der Waals surface area contributed by atoms with Crippen LogP contribution in [0.3, 0.4) is 0 Å². The molecule has 0 aliphatic carbocycles. The van der Waals surface area contributed by atoms with Crippen LogP contribution in [0, 0.1) is 20.8 Å². The van der Waals surface area contributed by atoms with Crippen molar-refractivity contribution in [3.05, 3.63) is 44.6 Å². The summed E-state index contributed by atoms with van der Waals surface area (Å²) in [6, 6.07) is 1.48. The molecule has 0 aliphatic heterocycles. The van der Waals surface area contributed by atoms with Gasteiger partial charge in [-0.3, -0.25) is 19.7 Å². The van der Waals surface area contributed by atoms with Gasteiger partial charge < -0.3 is 0 Å². The lowest BCUT2D eigenvalue weighted by Gasteiger charge is -2.16. The summed E-state index contributed by atoms with van der Waals surface area (Å²) in [6.45, 7) is 6.22. The Morgan fingerprint density at radius 1 is 1.26 bits per heavy atom. The van der Waals surface area contributed by atoms with Gasteiger partial charge in [-0.05, 0) is 39.8 Å². The van der Waals surface area contributed by atoms with E-state index < -0.39 is 29.4 Å². The van der Waals surface area contributed by atoms with Crippen LogP contribution < -0.4 is 11.0 Å². The molecular formula is C16H16F3N5O2S. The number of rotatable bonds is 3. The summed E-state index contributed by atoms with van der Waals surface area (Å²) in [6.07, 6.45) is -4.61. The van der Waals surface area contributed by atoms with E-state index in [4.69, 9.17) is 0 Å². The Hall–Kier alpha value is -2.69.